The molecule has 0 aliphatic carbocycles. The maximum absolute atomic E-state index is 11.5. The summed E-state index contributed by atoms with van der Waals surface area (Å²) in [6.45, 7) is 0. The van der Waals surface area contributed by atoms with Crippen molar-refractivity contribution < 1.29 is 9.53 Å². The van der Waals surface area contributed by atoms with Gasteiger partial charge in [0, 0.05) is 17.8 Å². The fraction of sp³-hybridized carbons (Fsp3) is 0.0714. The smallest absolute Gasteiger partial charge is 0.339 e. The number of methoxy groups -OCH3 is 1. The summed E-state index contributed by atoms with van der Waals surface area (Å²) in [5.74, 6) is -0.335. The van der Waals surface area contributed by atoms with Crippen LogP contribution in [-0.4, -0.2) is 13.1 Å². The van der Waals surface area contributed by atoms with Crippen molar-refractivity contribution in [3.05, 3.63) is 56.1 Å². The molecule has 0 saturated carbocycles. The van der Waals surface area contributed by atoms with Gasteiger partial charge in [-0.25, -0.2) is 4.79 Å². The molecule has 2 aromatic carbocycles. The summed E-state index contributed by atoms with van der Waals surface area (Å²) in [4.78, 5) is 13.7. The van der Waals surface area contributed by atoms with Gasteiger partial charge in [-0.1, -0.05) is 11.8 Å². The number of halogens is 2. The molecular formula is C14H10BrIO2S. The van der Waals surface area contributed by atoms with Gasteiger partial charge in [-0.2, -0.15) is 0 Å². The van der Waals surface area contributed by atoms with Crippen LogP contribution in [0.15, 0.2) is 56.7 Å². The molecule has 0 saturated heterocycles. The van der Waals surface area contributed by atoms with E-state index in [-0.39, 0.29) is 5.97 Å². The summed E-state index contributed by atoms with van der Waals surface area (Å²) >= 11 is 7.33. The molecule has 0 atom stereocenters. The summed E-state index contributed by atoms with van der Waals surface area (Å²) in [6, 6.07) is 13.9. The highest BCUT2D eigenvalue weighted by molar-refractivity contribution is 14.1. The molecule has 0 bridgehead atoms. The van der Waals surface area contributed by atoms with Gasteiger partial charge in [0.15, 0.2) is 0 Å². The Balaban J connectivity index is 2.20. The summed E-state index contributed by atoms with van der Waals surface area (Å²) in [6.07, 6.45) is 0. The molecule has 5 heteroatoms. The van der Waals surface area contributed by atoms with Gasteiger partial charge in [-0.3, -0.25) is 0 Å². The van der Waals surface area contributed by atoms with E-state index < -0.39 is 0 Å². The van der Waals surface area contributed by atoms with E-state index in [4.69, 9.17) is 4.74 Å². The van der Waals surface area contributed by atoms with Gasteiger partial charge < -0.3 is 4.74 Å². The van der Waals surface area contributed by atoms with Gasteiger partial charge in [0.2, 0.25) is 0 Å². The van der Waals surface area contributed by atoms with E-state index in [9.17, 15) is 4.79 Å². The molecule has 0 N–H and O–H groups in total. The molecule has 0 unspecified atom stereocenters. The molecule has 0 aliphatic heterocycles. The number of hydrogen-bond acceptors (Lipinski definition) is 3. The molecule has 0 spiro atoms. The maximum Gasteiger partial charge on any atom is 0.339 e. The fourth-order valence-corrected chi connectivity index (χ4v) is 3.38. The van der Waals surface area contributed by atoms with Crippen molar-refractivity contribution in [1.29, 1.82) is 0 Å². The van der Waals surface area contributed by atoms with E-state index in [0.29, 0.717) is 5.56 Å². The van der Waals surface area contributed by atoms with E-state index in [2.05, 4.69) is 62.8 Å². The first kappa shape index (κ1) is 14.9. The summed E-state index contributed by atoms with van der Waals surface area (Å²) in [5, 5.41) is 0. The van der Waals surface area contributed by atoms with Crippen molar-refractivity contribution in [2.45, 2.75) is 9.79 Å². The number of benzene rings is 2. The third-order valence-corrected chi connectivity index (χ3v) is 4.77. The molecule has 0 aliphatic rings. The Hall–Kier alpha value is -0.530. The van der Waals surface area contributed by atoms with Gasteiger partial charge in [-0.05, 0) is 81.0 Å². The van der Waals surface area contributed by atoms with Gasteiger partial charge in [0.1, 0.15) is 0 Å². The van der Waals surface area contributed by atoms with Crippen molar-refractivity contribution >= 4 is 56.3 Å². The van der Waals surface area contributed by atoms with Crippen LogP contribution in [0.1, 0.15) is 10.4 Å². The molecule has 0 amide bonds. The van der Waals surface area contributed by atoms with Crippen LogP contribution in [0.3, 0.4) is 0 Å². The van der Waals surface area contributed by atoms with Gasteiger partial charge in [0.25, 0.3) is 0 Å². The first-order valence-electron chi connectivity index (χ1n) is 5.41. The van der Waals surface area contributed by atoms with Gasteiger partial charge in [0.05, 0.1) is 12.7 Å². The largest absolute Gasteiger partial charge is 0.465 e. The van der Waals surface area contributed by atoms with Crippen LogP contribution >= 0.6 is 50.3 Å². The molecule has 2 nitrogen and oxygen atoms in total. The number of esters is 1. The number of hydrogen-bond donors (Lipinski definition) is 0. The van der Waals surface area contributed by atoms with E-state index >= 15 is 0 Å². The molecule has 19 heavy (non-hydrogen) atoms. The summed E-state index contributed by atoms with van der Waals surface area (Å²) in [5.41, 5.74) is 0.537. The zero-order chi connectivity index (χ0) is 13.8. The van der Waals surface area contributed by atoms with Crippen LogP contribution in [-0.2, 0) is 4.74 Å². The molecule has 0 heterocycles. The quantitative estimate of drug-likeness (QED) is 0.488. The van der Waals surface area contributed by atoms with Crippen LogP contribution in [0.2, 0.25) is 0 Å². The van der Waals surface area contributed by atoms with E-state index in [0.717, 1.165) is 14.3 Å². The topological polar surface area (TPSA) is 26.3 Å². The van der Waals surface area contributed by atoms with Gasteiger partial charge >= 0.3 is 5.97 Å². The number of ether oxygens (including phenoxy) is 1. The normalized spacial score (nSPS) is 10.3. The van der Waals surface area contributed by atoms with E-state index in [1.54, 1.807) is 17.8 Å². The van der Waals surface area contributed by atoms with Crippen LogP contribution in [0, 0.1) is 3.57 Å². The lowest BCUT2D eigenvalue weighted by atomic mass is 10.2. The minimum absolute atomic E-state index is 0.335. The Bertz CT molecular complexity index is 599. The van der Waals surface area contributed by atoms with Crippen molar-refractivity contribution in [3.63, 3.8) is 0 Å². The second-order valence-electron chi connectivity index (χ2n) is 3.69. The van der Waals surface area contributed by atoms with Crippen molar-refractivity contribution in [3.8, 4) is 0 Å². The molecule has 0 fully saturated rings. The Morgan fingerprint density at radius 2 is 1.79 bits per heavy atom. The molecule has 98 valence electrons. The first-order valence-corrected chi connectivity index (χ1v) is 8.10. The van der Waals surface area contributed by atoms with Crippen molar-refractivity contribution in [2.75, 3.05) is 7.11 Å². The molecular weight excluding hydrogens is 439 g/mol. The highest BCUT2D eigenvalue weighted by atomic mass is 127. The number of rotatable bonds is 3. The zero-order valence-corrected chi connectivity index (χ0v) is 14.6. The predicted octanol–water partition coefficient (Wildman–Crippen LogP) is 4.99. The third-order valence-electron chi connectivity index (χ3n) is 2.40. The lowest BCUT2D eigenvalue weighted by Gasteiger charge is -2.06. The molecule has 2 aromatic rings. The van der Waals surface area contributed by atoms with Crippen molar-refractivity contribution in [2.24, 2.45) is 0 Å². The SMILES string of the molecule is COC(=O)c1ccc(Sc2ccc(I)cc2)cc1Br. The zero-order valence-electron chi connectivity index (χ0n) is 10.0. The molecule has 0 aromatic heterocycles. The predicted molar refractivity (Wildman–Crippen MR) is 88.8 cm³/mol. The standard InChI is InChI=1S/C14H10BrIO2S/c1-18-14(17)12-7-6-11(8-13(12)15)19-10-4-2-9(16)3-5-10/h2-8H,1H3. The van der Waals surface area contributed by atoms with E-state index in [1.165, 1.54) is 10.7 Å². The number of carbonyl (C=O) groups excluding carboxylic acids is 1. The summed E-state index contributed by atoms with van der Waals surface area (Å²) < 4.78 is 6.67. The highest BCUT2D eigenvalue weighted by Gasteiger charge is 2.10. The molecule has 2 rings (SSSR count). The Morgan fingerprint density at radius 1 is 1.16 bits per heavy atom. The van der Waals surface area contributed by atoms with Crippen molar-refractivity contribution in [1.82, 2.24) is 0 Å². The Labute approximate surface area is 138 Å². The van der Waals surface area contributed by atoms with Crippen LogP contribution < -0.4 is 0 Å². The minimum Gasteiger partial charge on any atom is -0.465 e. The second kappa shape index (κ2) is 6.76. The molecule has 0 radical (unpaired) electrons. The average molecular weight is 449 g/mol. The van der Waals surface area contributed by atoms with E-state index in [1.807, 2.05) is 12.1 Å². The van der Waals surface area contributed by atoms with Crippen LogP contribution in [0.5, 0.6) is 0 Å². The second-order valence-corrected chi connectivity index (χ2v) is 6.94. The third kappa shape index (κ3) is 3.97. The Morgan fingerprint density at radius 3 is 2.37 bits per heavy atom. The lowest BCUT2D eigenvalue weighted by Crippen LogP contribution is -2.01. The van der Waals surface area contributed by atoms with Crippen LogP contribution in [0.25, 0.3) is 0 Å². The average Bonchev–Trinajstić information content (AvgIpc) is 2.41. The number of carbonyl (C=O) groups is 1. The monoisotopic (exact) mass is 448 g/mol. The minimum atomic E-state index is -0.335. The lowest BCUT2D eigenvalue weighted by molar-refractivity contribution is 0.0599. The van der Waals surface area contributed by atoms with Gasteiger partial charge in [-0.15, -0.1) is 0 Å². The highest BCUT2D eigenvalue weighted by Crippen LogP contribution is 2.31. The van der Waals surface area contributed by atoms with Crippen LogP contribution in [0.4, 0.5) is 0 Å². The first-order chi connectivity index (χ1) is 9.10. The maximum atomic E-state index is 11.5. The fourth-order valence-electron chi connectivity index (χ4n) is 1.47. The summed E-state index contributed by atoms with van der Waals surface area (Å²) in [7, 11) is 1.38. The Kier molecular flexibility index (Phi) is 5.29.